The number of aromatic nitrogens is 6. The number of morpholine rings is 1. The first-order valence-corrected chi connectivity index (χ1v) is 14.4. The van der Waals surface area contributed by atoms with Crippen molar-refractivity contribution in [3.63, 3.8) is 0 Å². The zero-order valence-corrected chi connectivity index (χ0v) is 22.4. The molecule has 5 rings (SSSR count). The minimum atomic E-state index is -3.45. The summed E-state index contributed by atoms with van der Waals surface area (Å²) in [7, 11) is -3.45. The summed E-state index contributed by atoms with van der Waals surface area (Å²) in [5.41, 5.74) is 2.19. The second kappa shape index (κ2) is 10.3. The highest BCUT2D eigenvalue weighted by molar-refractivity contribution is 7.91. The number of nitrogens with one attached hydrogen (secondary N) is 3. The Morgan fingerprint density at radius 2 is 1.92 bits per heavy atom. The summed E-state index contributed by atoms with van der Waals surface area (Å²) < 4.78 is 30.7. The Labute approximate surface area is 220 Å². The SMILES string of the molecule is Cc1n[nH]cc1NC(=O)Nc1ncc(-c2nc(N3CCOC[C@@H]3C)cc(C3(S(C)(=O)=O)CCCC3)n2)cn1. The third kappa shape index (κ3) is 5.05. The van der Waals surface area contributed by atoms with E-state index in [1.165, 1.54) is 18.6 Å². The Hall–Kier alpha value is -3.65. The number of hydrogen-bond acceptors (Lipinski definition) is 10. The maximum Gasteiger partial charge on any atom is 0.326 e. The van der Waals surface area contributed by atoms with E-state index in [1.54, 1.807) is 13.1 Å². The van der Waals surface area contributed by atoms with Crippen molar-refractivity contribution >= 4 is 33.3 Å². The molecule has 202 valence electrons. The van der Waals surface area contributed by atoms with Crippen LogP contribution in [0.2, 0.25) is 0 Å². The van der Waals surface area contributed by atoms with Gasteiger partial charge in [-0.2, -0.15) is 5.10 Å². The van der Waals surface area contributed by atoms with Gasteiger partial charge < -0.3 is 15.0 Å². The zero-order chi connectivity index (χ0) is 26.9. The Morgan fingerprint density at radius 3 is 2.55 bits per heavy atom. The van der Waals surface area contributed by atoms with Crippen molar-refractivity contribution in [3.8, 4) is 11.4 Å². The molecule has 14 heteroatoms. The largest absolute Gasteiger partial charge is 0.377 e. The van der Waals surface area contributed by atoms with Crippen molar-refractivity contribution in [2.45, 2.75) is 50.3 Å². The minimum absolute atomic E-state index is 0.0670. The summed E-state index contributed by atoms with van der Waals surface area (Å²) in [6, 6.07) is 1.37. The van der Waals surface area contributed by atoms with E-state index in [4.69, 9.17) is 14.7 Å². The first-order valence-electron chi connectivity index (χ1n) is 12.5. The van der Waals surface area contributed by atoms with Crippen LogP contribution in [0.4, 0.5) is 22.2 Å². The van der Waals surface area contributed by atoms with Crippen LogP contribution >= 0.6 is 0 Å². The molecule has 1 aliphatic carbocycles. The Morgan fingerprint density at radius 1 is 1.18 bits per heavy atom. The van der Waals surface area contributed by atoms with Gasteiger partial charge in [0.2, 0.25) is 5.95 Å². The van der Waals surface area contributed by atoms with Gasteiger partial charge in [-0.15, -0.1) is 0 Å². The summed E-state index contributed by atoms with van der Waals surface area (Å²) in [5, 5.41) is 11.9. The lowest BCUT2D eigenvalue weighted by molar-refractivity contribution is 0.0985. The lowest BCUT2D eigenvalue weighted by Crippen LogP contribution is -2.44. The van der Waals surface area contributed by atoms with Crippen LogP contribution in [-0.4, -0.2) is 76.6 Å². The maximum atomic E-state index is 13.1. The molecule has 0 radical (unpaired) electrons. The van der Waals surface area contributed by atoms with Gasteiger partial charge in [0.1, 0.15) is 10.6 Å². The molecule has 1 saturated heterocycles. The summed E-state index contributed by atoms with van der Waals surface area (Å²) >= 11 is 0. The van der Waals surface area contributed by atoms with Gasteiger partial charge in [-0.1, -0.05) is 12.8 Å². The third-order valence-corrected chi connectivity index (χ3v) is 9.21. The standard InChI is InChI=1S/C24H31N9O4S/c1-15-14-37-9-8-33(15)20-10-19(24(38(3,35)36)6-4-5-7-24)29-21(30-20)17-11-25-22(26-12-17)31-23(34)28-18-13-27-32-16(18)2/h10-13,15H,4-9,14H2,1-3H3,(H,27,32)(H2,25,26,28,31,34)/t15-/m0/s1. The number of urea groups is 1. The Kier molecular flexibility index (Phi) is 7.01. The van der Waals surface area contributed by atoms with E-state index < -0.39 is 20.6 Å². The van der Waals surface area contributed by atoms with Crippen molar-refractivity contribution < 1.29 is 17.9 Å². The zero-order valence-electron chi connectivity index (χ0n) is 21.6. The molecule has 3 aromatic rings. The molecule has 0 spiro atoms. The lowest BCUT2D eigenvalue weighted by Gasteiger charge is -2.35. The van der Waals surface area contributed by atoms with Gasteiger partial charge in [-0.25, -0.2) is 33.1 Å². The second-order valence-electron chi connectivity index (χ2n) is 9.78. The lowest BCUT2D eigenvalue weighted by atomic mass is 10.0. The molecule has 1 atom stereocenters. The van der Waals surface area contributed by atoms with Gasteiger partial charge >= 0.3 is 6.03 Å². The summed E-state index contributed by atoms with van der Waals surface area (Å²) in [5.74, 6) is 1.07. The second-order valence-corrected chi connectivity index (χ2v) is 12.1. The molecule has 3 N–H and O–H groups in total. The summed E-state index contributed by atoms with van der Waals surface area (Å²) in [6.07, 6.45) is 8.56. The molecule has 38 heavy (non-hydrogen) atoms. The predicted octanol–water partition coefficient (Wildman–Crippen LogP) is 2.65. The number of ether oxygens (including phenoxy) is 1. The smallest absolute Gasteiger partial charge is 0.326 e. The molecule has 2 amide bonds. The van der Waals surface area contributed by atoms with Crippen molar-refractivity contribution in [1.29, 1.82) is 0 Å². The minimum Gasteiger partial charge on any atom is -0.377 e. The molecule has 13 nitrogen and oxygen atoms in total. The van der Waals surface area contributed by atoms with Crippen LogP contribution in [0.1, 0.15) is 44.0 Å². The molecule has 0 bridgehead atoms. The topological polar surface area (TPSA) is 168 Å². The van der Waals surface area contributed by atoms with Gasteiger partial charge in [0.15, 0.2) is 15.7 Å². The first-order chi connectivity index (χ1) is 18.2. The highest BCUT2D eigenvalue weighted by atomic mass is 32.2. The molecule has 0 aromatic carbocycles. The molecular weight excluding hydrogens is 510 g/mol. The normalized spacial score (nSPS) is 19.3. The number of rotatable bonds is 6. The highest BCUT2D eigenvalue weighted by Crippen LogP contribution is 2.45. The van der Waals surface area contributed by atoms with E-state index in [0.29, 0.717) is 66.9 Å². The molecule has 3 aromatic heterocycles. The van der Waals surface area contributed by atoms with Gasteiger partial charge in [0.05, 0.1) is 41.9 Å². The Bertz CT molecular complexity index is 1420. The number of sulfone groups is 1. The Balaban J connectivity index is 1.47. The number of hydrogen-bond donors (Lipinski definition) is 3. The average Bonchev–Trinajstić information content (AvgIpc) is 3.55. The first kappa shape index (κ1) is 26.0. The van der Waals surface area contributed by atoms with Crippen LogP contribution in [0.5, 0.6) is 0 Å². The van der Waals surface area contributed by atoms with Crippen LogP contribution in [0.15, 0.2) is 24.7 Å². The van der Waals surface area contributed by atoms with E-state index in [2.05, 4.69) is 35.7 Å². The number of anilines is 3. The number of aromatic amines is 1. The van der Waals surface area contributed by atoms with E-state index in [-0.39, 0.29) is 12.0 Å². The molecule has 2 fully saturated rings. The molecule has 1 saturated carbocycles. The van der Waals surface area contributed by atoms with Crippen molar-refractivity contribution in [2.24, 2.45) is 0 Å². The number of aryl methyl sites for hydroxylation is 1. The van der Waals surface area contributed by atoms with Crippen LogP contribution in [0.3, 0.4) is 0 Å². The van der Waals surface area contributed by atoms with E-state index >= 15 is 0 Å². The fourth-order valence-electron chi connectivity index (χ4n) is 5.02. The van der Waals surface area contributed by atoms with Gasteiger partial charge in [-0.05, 0) is 26.7 Å². The van der Waals surface area contributed by atoms with Crippen molar-refractivity contribution in [2.75, 3.05) is 41.5 Å². The molecule has 0 unspecified atom stereocenters. The maximum absolute atomic E-state index is 13.1. The number of carbonyl (C=O) groups excluding carboxylic acids is 1. The highest BCUT2D eigenvalue weighted by Gasteiger charge is 2.47. The van der Waals surface area contributed by atoms with E-state index in [1.807, 2.05) is 13.0 Å². The summed E-state index contributed by atoms with van der Waals surface area (Å²) in [4.78, 5) is 32.5. The number of amides is 2. The van der Waals surface area contributed by atoms with Crippen LogP contribution in [0.25, 0.3) is 11.4 Å². The van der Waals surface area contributed by atoms with Gasteiger partial charge in [0, 0.05) is 37.5 Å². The van der Waals surface area contributed by atoms with E-state index in [9.17, 15) is 13.2 Å². The van der Waals surface area contributed by atoms with Crippen molar-refractivity contribution in [3.05, 3.63) is 36.0 Å². The van der Waals surface area contributed by atoms with Crippen molar-refractivity contribution in [1.82, 2.24) is 30.1 Å². The van der Waals surface area contributed by atoms with E-state index in [0.717, 1.165) is 12.8 Å². The van der Waals surface area contributed by atoms with Gasteiger partial charge in [-0.3, -0.25) is 10.4 Å². The molecule has 4 heterocycles. The number of H-pyrrole nitrogens is 1. The fraction of sp³-hybridized carbons (Fsp3) is 0.500. The summed E-state index contributed by atoms with van der Waals surface area (Å²) in [6.45, 7) is 5.54. The predicted molar refractivity (Wildman–Crippen MR) is 142 cm³/mol. The fourth-order valence-corrected chi connectivity index (χ4v) is 6.54. The monoisotopic (exact) mass is 541 g/mol. The molecule has 1 aliphatic heterocycles. The van der Waals surface area contributed by atoms with Crippen LogP contribution in [0, 0.1) is 6.92 Å². The average molecular weight is 542 g/mol. The molecule has 2 aliphatic rings. The van der Waals surface area contributed by atoms with Crippen LogP contribution in [-0.2, 0) is 19.3 Å². The van der Waals surface area contributed by atoms with Gasteiger partial charge in [0.25, 0.3) is 0 Å². The van der Waals surface area contributed by atoms with Crippen LogP contribution < -0.4 is 15.5 Å². The molecular formula is C24H31N9O4S. The number of carbonyl (C=O) groups is 1. The number of nitrogens with zero attached hydrogens (tertiary/aromatic N) is 6. The third-order valence-electron chi connectivity index (χ3n) is 7.18. The quantitative estimate of drug-likeness (QED) is 0.422.